The molecular weight excluding hydrogens is 521 g/mol. The van der Waals surface area contributed by atoms with Gasteiger partial charge in [-0.15, -0.1) is 0 Å². The first-order valence-electron chi connectivity index (χ1n) is 10.7. The highest BCUT2D eigenvalue weighted by atomic mass is 32.2. The minimum Gasteiger partial charge on any atom is -0.352 e. The van der Waals surface area contributed by atoms with Gasteiger partial charge in [0, 0.05) is 5.92 Å². The third-order valence-electron chi connectivity index (χ3n) is 5.64. The van der Waals surface area contributed by atoms with E-state index in [0.29, 0.717) is 24.1 Å². The van der Waals surface area contributed by atoms with Gasteiger partial charge in [-0.1, -0.05) is 12.1 Å². The van der Waals surface area contributed by atoms with Crippen LogP contribution < -0.4 is 0 Å². The molecule has 0 radical (unpaired) electrons. The summed E-state index contributed by atoms with van der Waals surface area (Å²) in [6, 6.07) is 6.60. The summed E-state index contributed by atoms with van der Waals surface area (Å²) < 4.78 is 131. The Morgan fingerprint density at radius 2 is 1.56 bits per heavy atom. The molecule has 36 heavy (non-hydrogen) atoms. The maximum absolute atomic E-state index is 13.4. The maximum atomic E-state index is 13.4. The minimum absolute atomic E-state index is 0.0472. The van der Waals surface area contributed by atoms with Gasteiger partial charge in [-0.2, -0.15) is 34.8 Å². The topological polar surface area (TPSA) is 61.8 Å². The third kappa shape index (κ3) is 7.89. The molecule has 0 aliphatic carbocycles. The first-order chi connectivity index (χ1) is 16.6. The van der Waals surface area contributed by atoms with Gasteiger partial charge in [-0.05, 0) is 60.2 Å². The van der Waals surface area contributed by atoms with E-state index in [4.69, 9.17) is 13.7 Å². The second-order valence-corrected chi connectivity index (χ2v) is 10.0. The molecule has 13 heteroatoms. The lowest BCUT2D eigenvalue weighted by molar-refractivity contribution is -0.189. The molecule has 2 aromatic rings. The Morgan fingerprint density at radius 1 is 0.972 bits per heavy atom. The van der Waals surface area contributed by atoms with Crippen LogP contribution in [0.25, 0.3) is 0 Å². The van der Waals surface area contributed by atoms with Crippen LogP contribution in [-0.4, -0.2) is 40.8 Å². The molecule has 0 bridgehead atoms. The van der Waals surface area contributed by atoms with E-state index >= 15 is 0 Å². The Labute approximate surface area is 203 Å². The molecule has 1 fully saturated rings. The summed E-state index contributed by atoms with van der Waals surface area (Å²) in [6.07, 6.45) is -9.98. The van der Waals surface area contributed by atoms with Crippen LogP contribution in [0.1, 0.15) is 34.6 Å². The first kappa shape index (κ1) is 28.4. The van der Waals surface area contributed by atoms with Crippen LogP contribution in [0.5, 0.6) is 0 Å². The van der Waals surface area contributed by atoms with Crippen LogP contribution in [0.15, 0.2) is 42.5 Å². The van der Waals surface area contributed by atoms with Crippen molar-refractivity contribution in [3.63, 3.8) is 0 Å². The van der Waals surface area contributed by atoms with Crippen LogP contribution in [0.4, 0.5) is 30.7 Å². The monoisotopic (exact) mass is 544 g/mol. The highest BCUT2D eigenvalue weighted by Crippen LogP contribution is 2.38. The van der Waals surface area contributed by atoms with Crippen LogP contribution in [0.2, 0.25) is 0 Å². The fourth-order valence-electron chi connectivity index (χ4n) is 3.96. The SMILES string of the molecule is CS(=O)(=O)OC[C@@H]1CCO[C@H](OCCc2cc(C(F)(F)F)cc(C(F)(F)F)c2)[C@H]1c1ccc(F)cc1. The molecule has 3 rings (SSSR count). The number of alkyl halides is 6. The van der Waals surface area contributed by atoms with Crippen LogP contribution in [-0.2, 0) is 42.5 Å². The Kier molecular flexibility index (Phi) is 8.69. The summed E-state index contributed by atoms with van der Waals surface area (Å²) in [4.78, 5) is 0. The van der Waals surface area contributed by atoms with E-state index in [-0.39, 0.29) is 37.9 Å². The van der Waals surface area contributed by atoms with E-state index in [1.54, 1.807) is 0 Å². The van der Waals surface area contributed by atoms with Crippen molar-refractivity contribution in [2.24, 2.45) is 5.92 Å². The fourth-order valence-corrected chi connectivity index (χ4v) is 4.38. The molecule has 3 atom stereocenters. The van der Waals surface area contributed by atoms with E-state index < -0.39 is 57.5 Å². The van der Waals surface area contributed by atoms with Crippen molar-refractivity contribution in [3.8, 4) is 0 Å². The molecule has 0 N–H and O–H groups in total. The standard InChI is InChI=1S/C23H23F7O5S/c1-36(31,32)35-13-16-7-9-34-21(20(16)15-2-4-19(24)5-3-15)33-8-6-14-10-17(22(25,26)27)12-18(11-14)23(28,29)30/h2-5,10-12,16,20-21H,6-9,13H2,1H3/t16-,20-,21-/m0/s1. The van der Waals surface area contributed by atoms with Gasteiger partial charge in [0.25, 0.3) is 10.1 Å². The lowest BCUT2D eigenvalue weighted by Gasteiger charge is -2.38. The fraction of sp³-hybridized carbons (Fsp3) is 0.478. The highest BCUT2D eigenvalue weighted by Gasteiger charge is 2.38. The molecular formula is C23H23F7O5S. The van der Waals surface area contributed by atoms with Gasteiger partial charge in [-0.3, -0.25) is 4.18 Å². The number of hydrogen-bond acceptors (Lipinski definition) is 5. The van der Waals surface area contributed by atoms with E-state index in [9.17, 15) is 39.2 Å². The molecule has 0 amide bonds. The van der Waals surface area contributed by atoms with Crippen molar-refractivity contribution in [1.29, 1.82) is 0 Å². The van der Waals surface area contributed by atoms with Gasteiger partial charge in [0.2, 0.25) is 0 Å². The van der Waals surface area contributed by atoms with Gasteiger partial charge in [-0.25, -0.2) is 4.39 Å². The summed E-state index contributed by atoms with van der Waals surface area (Å²) in [5.74, 6) is -1.58. The number of halogens is 7. The molecule has 0 saturated carbocycles. The summed E-state index contributed by atoms with van der Waals surface area (Å²) in [7, 11) is -3.76. The molecule has 0 aromatic heterocycles. The van der Waals surface area contributed by atoms with Crippen molar-refractivity contribution in [1.82, 2.24) is 0 Å². The predicted octanol–water partition coefficient (Wildman–Crippen LogP) is 5.55. The Balaban J connectivity index is 1.79. The summed E-state index contributed by atoms with van der Waals surface area (Å²) in [5, 5.41) is 0. The predicted molar refractivity (Wildman–Crippen MR) is 114 cm³/mol. The summed E-state index contributed by atoms with van der Waals surface area (Å²) in [5.41, 5.74) is -2.54. The van der Waals surface area contributed by atoms with E-state index in [0.717, 1.165) is 6.26 Å². The average Bonchev–Trinajstić information content (AvgIpc) is 2.76. The molecule has 1 heterocycles. The van der Waals surface area contributed by atoms with Gasteiger partial charge in [0.1, 0.15) is 5.82 Å². The third-order valence-corrected chi connectivity index (χ3v) is 6.21. The molecule has 5 nitrogen and oxygen atoms in total. The Morgan fingerprint density at radius 3 is 2.08 bits per heavy atom. The lowest BCUT2D eigenvalue weighted by Crippen LogP contribution is -2.39. The van der Waals surface area contributed by atoms with Gasteiger partial charge in [0.15, 0.2) is 6.29 Å². The number of benzene rings is 2. The largest absolute Gasteiger partial charge is 0.416 e. The van der Waals surface area contributed by atoms with Crippen molar-refractivity contribution < 1.29 is 52.8 Å². The Bertz CT molecular complexity index is 1100. The van der Waals surface area contributed by atoms with E-state index in [1.807, 2.05) is 0 Å². The molecule has 0 unspecified atom stereocenters. The van der Waals surface area contributed by atoms with Crippen LogP contribution in [0.3, 0.4) is 0 Å². The van der Waals surface area contributed by atoms with Crippen LogP contribution in [0, 0.1) is 11.7 Å². The van der Waals surface area contributed by atoms with E-state index in [2.05, 4.69) is 0 Å². The molecule has 1 aliphatic heterocycles. The zero-order chi connectivity index (χ0) is 26.7. The first-order valence-corrected chi connectivity index (χ1v) is 12.6. The maximum Gasteiger partial charge on any atom is 0.416 e. The molecule has 0 spiro atoms. The number of ether oxygens (including phenoxy) is 2. The highest BCUT2D eigenvalue weighted by molar-refractivity contribution is 7.85. The molecule has 1 aliphatic rings. The van der Waals surface area contributed by atoms with Crippen molar-refractivity contribution >= 4 is 10.1 Å². The number of rotatable bonds is 8. The Hall–Kier alpha value is -2.22. The van der Waals surface area contributed by atoms with Crippen molar-refractivity contribution in [2.75, 3.05) is 26.1 Å². The van der Waals surface area contributed by atoms with Crippen molar-refractivity contribution in [2.45, 2.75) is 37.4 Å². The van der Waals surface area contributed by atoms with E-state index in [1.165, 1.54) is 24.3 Å². The van der Waals surface area contributed by atoms with Gasteiger partial charge in [0.05, 0.1) is 37.2 Å². The van der Waals surface area contributed by atoms with Crippen molar-refractivity contribution in [3.05, 3.63) is 70.5 Å². The quantitative estimate of drug-likeness (QED) is 0.323. The zero-order valence-electron chi connectivity index (χ0n) is 18.9. The summed E-state index contributed by atoms with van der Waals surface area (Å²) >= 11 is 0. The number of hydrogen-bond donors (Lipinski definition) is 0. The molecule has 2 aromatic carbocycles. The zero-order valence-corrected chi connectivity index (χ0v) is 19.7. The van der Waals surface area contributed by atoms with Gasteiger partial charge < -0.3 is 9.47 Å². The van der Waals surface area contributed by atoms with Crippen LogP contribution >= 0.6 is 0 Å². The van der Waals surface area contributed by atoms with Gasteiger partial charge >= 0.3 is 12.4 Å². The average molecular weight is 544 g/mol. The smallest absolute Gasteiger partial charge is 0.352 e. The molecule has 200 valence electrons. The second kappa shape index (κ2) is 11.0. The molecule has 1 saturated heterocycles. The second-order valence-electron chi connectivity index (χ2n) is 8.39. The minimum atomic E-state index is -4.97. The summed E-state index contributed by atoms with van der Waals surface area (Å²) in [6.45, 7) is -0.366. The lowest BCUT2D eigenvalue weighted by atomic mass is 9.82. The normalized spacial score (nSPS) is 21.5.